The van der Waals surface area contributed by atoms with E-state index in [9.17, 15) is 0 Å². The maximum atomic E-state index is 5.44. The van der Waals surface area contributed by atoms with Crippen molar-refractivity contribution in [2.24, 2.45) is 0 Å². The van der Waals surface area contributed by atoms with Crippen LogP contribution < -0.4 is 10.2 Å². The van der Waals surface area contributed by atoms with Gasteiger partial charge in [-0.05, 0) is 26.3 Å². The standard InChI is InChI=1S/C14H25N3OS/c1-4-5-12-13(10-15-2)19-14(16-12)17(3)11-6-8-18-9-7-11/h11,15H,4-10H2,1-3H3. The Kier molecular flexibility index (Phi) is 5.60. The SMILES string of the molecule is CCCc1nc(N(C)C2CCOCC2)sc1CNC. The second-order valence-electron chi connectivity index (χ2n) is 5.10. The van der Waals surface area contributed by atoms with Crippen molar-refractivity contribution < 1.29 is 4.74 Å². The van der Waals surface area contributed by atoms with Gasteiger partial charge in [0.05, 0.1) is 5.69 Å². The number of nitrogens with zero attached hydrogens (tertiary/aromatic N) is 2. The summed E-state index contributed by atoms with van der Waals surface area (Å²) in [6.07, 6.45) is 4.46. The van der Waals surface area contributed by atoms with Crippen molar-refractivity contribution >= 4 is 16.5 Å². The molecule has 1 aromatic heterocycles. The number of thiazole rings is 1. The van der Waals surface area contributed by atoms with Crippen LogP contribution >= 0.6 is 11.3 Å². The molecule has 108 valence electrons. The fourth-order valence-corrected chi connectivity index (χ4v) is 3.63. The van der Waals surface area contributed by atoms with Gasteiger partial charge in [-0.2, -0.15) is 0 Å². The van der Waals surface area contributed by atoms with Crippen LogP contribution in [-0.4, -0.2) is 38.3 Å². The quantitative estimate of drug-likeness (QED) is 0.870. The number of hydrogen-bond acceptors (Lipinski definition) is 5. The summed E-state index contributed by atoms with van der Waals surface area (Å²) in [5.41, 5.74) is 1.27. The fourth-order valence-electron chi connectivity index (χ4n) is 2.48. The molecule has 19 heavy (non-hydrogen) atoms. The Balaban J connectivity index is 2.11. The molecule has 0 bridgehead atoms. The number of nitrogens with one attached hydrogen (secondary N) is 1. The first-order valence-corrected chi connectivity index (χ1v) is 8.01. The topological polar surface area (TPSA) is 37.4 Å². The lowest BCUT2D eigenvalue weighted by atomic mass is 10.1. The average Bonchev–Trinajstić information content (AvgIpc) is 2.83. The van der Waals surface area contributed by atoms with Crippen molar-refractivity contribution in [2.75, 3.05) is 32.2 Å². The smallest absolute Gasteiger partial charge is 0.185 e. The van der Waals surface area contributed by atoms with E-state index in [1.807, 2.05) is 18.4 Å². The van der Waals surface area contributed by atoms with Crippen LogP contribution in [0.3, 0.4) is 0 Å². The lowest BCUT2D eigenvalue weighted by molar-refractivity contribution is 0.0855. The summed E-state index contributed by atoms with van der Waals surface area (Å²) in [7, 11) is 4.17. The third-order valence-electron chi connectivity index (χ3n) is 3.63. The Hall–Kier alpha value is -0.650. The molecule has 0 aromatic carbocycles. The second-order valence-corrected chi connectivity index (χ2v) is 6.16. The summed E-state index contributed by atoms with van der Waals surface area (Å²) in [5, 5.41) is 4.41. The van der Waals surface area contributed by atoms with Gasteiger partial charge >= 0.3 is 0 Å². The minimum Gasteiger partial charge on any atom is -0.381 e. The van der Waals surface area contributed by atoms with Crippen molar-refractivity contribution in [1.82, 2.24) is 10.3 Å². The number of aromatic nitrogens is 1. The first-order chi connectivity index (χ1) is 9.26. The molecule has 1 aliphatic rings. The van der Waals surface area contributed by atoms with Crippen LogP contribution in [0.5, 0.6) is 0 Å². The summed E-state index contributed by atoms with van der Waals surface area (Å²) >= 11 is 1.84. The Labute approximate surface area is 120 Å². The monoisotopic (exact) mass is 283 g/mol. The molecule has 1 N–H and O–H groups in total. The molecule has 1 fully saturated rings. The van der Waals surface area contributed by atoms with E-state index in [0.29, 0.717) is 6.04 Å². The second kappa shape index (κ2) is 7.22. The summed E-state index contributed by atoms with van der Waals surface area (Å²) < 4.78 is 5.44. The van der Waals surface area contributed by atoms with Gasteiger partial charge in [-0.3, -0.25) is 0 Å². The highest BCUT2D eigenvalue weighted by Crippen LogP contribution is 2.29. The third-order valence-corrected chi connectivity index (χ3v) is 4.82. The van der Waals surface area contributed by atoms with E-state index in [2.05, 4.69) is 24.2 Å². The van der Waals surface area contributed by atoms with Gasteiger partial charge in [-0.1, -0.05) is 13.3 Å². The van der Waals surface area contributed by atoms with E-state index in [1.165, 1.54) is 15.7 Å². The van der Waals surface area contributed by atoms with Crippen molar-refractivity contribution in [3.8, 4) is 0 Å². The Morgan fingerprint density at radius 1 is 1.42 bits per heavy atom. The molecule has 1 aliphatic heterocycles. The first-order valence-electron chi connectivity index (χ1n) is 7.20. The van der Waals surface area contributed by atoms with Crippen LogP contribution in [0.15, 0.2) is 0 Å². The first kappa shape index (κ1) is 14.8. The van der Waals surface area contributed by atoms with Gasteiger partial charge in [-0.25, -0.2) is 4.98 Å². The fraction of sp³-hybridized carbons (Fsp3) is 0.786. The number of rotatable bonds is 6. The summed E-state index contributed by atoms with van der Waals surface area (Å²) in [4.78, 5) is 8.60. The van der Waals surface area contributed by atoms with Gasteiger partial charge in [0.15, 0.2) is 5.13 Å². The molecule has 0 amide bonds. The summed E-state index contributed by atoms with van der Waals surface area (Å²) in [5.74, 6) is 0. The molecule has 0 radical (unpaired) electrons. The molecule has 5 heteroatoms. The van der Waals surface area contributed by atoms with Crippen LogP contribution in [0.25, 0.3) is 0 Å². The lowest BCUT2D eigenvalue weighted by Gasteiger charge is -2.30. The van der Waals surface area contributed by atoms with Crippen LogP contribution in [0.2, 0.25) is 0 Å². The van der Waals surface area contributed by atoms with Crippen molar-refractivity contribution in [1.29, 1.82) is 0 Å². The predicted molar refractivity (Wildman–Crippen MR) is 81.1 cm³/mol. The van der Waals surface area contributed by atoms with E-state index in [-0.39, 0.29) is 0 Å². The lowest BCUT2D eigenvalue weighted by Crippen LogP contribution is -2.36. The Morgan fingerprint density at radius 2 is 2.16 bits per heavy atom. The van der Waals surface area contributed by atoms with Gasteiger partial charge < -0.3 is 15.0 Å². The van der Waals surface area contributed by atoms with E-state index < -0.39 is 0 Å². The zero-order chi connectivity index (χ0) is 13.7. The van der Waals surface area contributed by atoms with Crippen LogP contribution in [-0.2, 0) is 17.7 Å². The molecule has 0 aliphatic carbocycles. The molecular weight excluding hydrogens is 258 g/mol. The molecule has 0 unspecified atom stereocenters. The van der Waals surface area contributed by atoms with Crippen molar-refractivity contribution in [3.63, 3.8) is 0 Å². The Bertz CT molecular complexity index is 365. The maximum absolute atomic E-state index is 5.44. The molecule has 0 spiro atoms. The van der Waals surface area contributed by atoms with Crippen LogP contribution in [0, 0.1) is 0 Å². The number of ether oxygens (including phenoxy) is 1. The minimum absolute atomic E-state index is 0.580. The Morgan fingerprint density at radius 3 is 2.79 bits per heavy atom. The van der Waals surface area contributed by atoms with Crippen molar-refractivity contribution in [2.45, 2.75) is 45.2 Å². The molecule has 4 nitrogen and oxygen atoms in total. The number of hydrogen-bond donors (Lipinski definition) is 1. The molecule has 0 saturated carbocycles. The minimum atomic E-state index is 0.580. The molecule has 1 aromatic rings. The van der Waals surface area contributed by atoms with Crippen molar-refractivity contribution in [3.05, 3.63) is 10.6 Å². The van der Waals surface area contributed by atoms with E-state index in [1.54, 1.807) is 0 Å². The van der Waals surface area contributed by atoms with Gasteiger partial charge in [0.25, 0.3) is 0 Å². The summed E-state index contributed by atoms with van der Waals surface area (Å²) in [6, 6.07) is 0.580. The van der Waals surface area contributed by atoms with Gasteiger partial charge in [-0.15, -0.1) is 11.3 Å². The average molecular weight is 283 g/mol. The predicted octanol–water partition coefficient (Wildman–Crippen LogP) is 2.43. The summed E-state index contributed by atoms with van der Waals surface area (Å²) in [6.45, 7) is 4.90. The zero-order valence-corrected chi connectivity index (χ0v) is 13.1. The largest absolute Gasteiger partial charge is 0.381 e. The van der Waals surface area contributed by atoms with Gasteiger partial charge in [0.2, 0.25) is 0 Å². The zero-order valence-electron chi connectivity index (χ0n) is 12.2. The molecule has 2 heterocycles. The maximum Gasteiger partial charge on any atom is 0.185 e. The van der Waals surface area contributed by atoms with Crippen LogP contribution in [0.4, 0.5) is 5.13 Å². The van der Waals surface area contributed by atoms with Gasteiger partial charge in [0.1, 0.15) is 0 Å². The van der Waals surface area contributed by atoms with Crippen LogP contribution in [0.1, 0.15) is 36.8 Å². The van der Waals surface area contributed by atoms with E-state index in [0.717, 1.165) is 45.4 Å². The third kappa shape index (κ3) is 3.68. The highest BCUT2D eigenvalue weighted by molar-refractivity contribution is 7.15. The van der Waals surface area contributed by atoms with E-state index >= 15 is 0 Å². The highest BCUT2D eigenvalue weighted by Gasteiger charge is 2.22. The van der Waals surface area contributed by atoms with Gasteiger partial charge in [0, 0.05) is 37.7 Å². The highest BCUT2D eigenvalue weighted by atomic mass is 32.1. The number of anilines is 1. The number of aryl methyl sites for hydroxylation is 1. The molecular formula is C14H25N3OS. The normalized spacial score (nSPS) is 16.8. The molecule has 2 rings (SSSR count). The van der Waals surface area contributed by atoms with E-state index in [4.69, 9.17) is 9.72 Å². The molecule has 0 atom stereocenters. The molecule has 1 saturated heterocycles.